The fourth-order valence-electron chi connectivity index (χ4n) is 4.57. The number of carboxylic acid groups (broad SMARTS) is 1. The molecule has 2 heterocycles. The van der Waals surface area contributed by atoms with Crippen LogP contribution in [0.1, 0.15) is 25.0 Å². The van der Waals surface area contributed by atoms with Crippen molar-refractivity contribution >= 4 is 43.2 Å². The fraction of sp³-hybridized carbons (Fsp3) is 0.133. The minimum Gasteiger partial charge on any atom is -0.481 e. The molecule has 0 radical (unpaired) electrons. The largest absolute Gasteiger partial charge is 0.481 e. The lowest BCUT2D eigenvalue weighted by Gasteiger charge is -2.21. The Morgan fingerprint density at radius 3 is 2.39 bits per heavy atom. The van der Waals surface area contributed by atoms with Crippen LogP contribution >= 0.6 is 11.3 Å². The molecule has 5 aromatic rings. The Morgan fingerprint density at radius 1 is 1.00 bits per heavy atom. The summed E-state index contributed by atoms with van der Waals surface area (Å²) in [6, 6.07) is 22.7. The Kier molecular flexibility index (Phi) is 6.22. The van der Waals surface area contributed by atoms with Gasteiger partial charge in [0.1, 0.15) is 0 Å². The molecule has 0 amide bonds. The number of aliphatic carboxylic acids is 1. The second-order valence-corrected chi connectivity index (χ2v) is 12.3. The number of fused-ring (bicyclic) bond motifs is 1. The number of aromatic nitrogens is 1. The third kappa shape index (κ3) is 4.01. The van der Waals surface area contributed by atoms with E-state index in [2.05, 4.69) is 4.85 Å². The second kappa shape index (κ2) is 9.28. The molecule has 0 aliphatic rings. The van der Waals surface area contributed by atoms with E-state index in [1.165, 1.54) is 15.3 Å². The number of hydrogen-bond acceptors (Lipinski definition) is 4. The zero-order valence-corrected chi connectivity index (χ0v) is 22.6. The van der Waals surface area contributed by atoms with Gasteiger partial charge >= 0.3 is 5.97 Å². The minimum atomic E-state index is -4.09. The van der Waals surface area contributed by atoms with Crippen LogP contribution < -0.4 is 0 Å². The molecule has 0 bridgehead atoms. The number of carboxylic acids is 1. The van der Waals surface area contributed by atoms with Crippen LogP contribution in [0.25, 0.3) is 38.1 Å². The Labute approximate surface area is 225 Å². The molecule has 38 heavy (non-hydrogen) atoms. The van der Waals surface area contributed by atoms with Gasteiger partial charge in [0.15, 0.2) is 0 Å². The Balaban J connectivity index is 1.95. The molecule has 0 atom stereocenters. The number of carbonyl (C=O) groups is 1. The Hall–Kier alpha value is -4.19. The molecule has 190 valence electrons. The van der Waals surface area contributed by atoms with Gasteiger partial charge in [0.25, 0.3) is 10.0 Å². The number of hydrogen-bond donors (Lipinski definition) is 1. The molecule has 0 spiro atoms. The quantitative estimate of drug-likeness (QED) is 0.226. The van der Waals surface area contributed by atoms with E-state index in [9.17, 15) is 18.3 Å². The maximum Gasteiger partial charge on any atom is 0.313 e. The SMILES string of the molecule is [C-]#[N+]c1sccc1-c1c(-c2cccc(C(C)(C)C(=O)O)c2)n(S(=O)(=O)c2ccc(C)cc2)c2ccccc12. The normalized spacial score (nSPS) is 11.9. The van der Waals surface area contributed by atoms with Crippen molar-refractivity contribution in [1.29, 1.82) is 0 Å². The van der Waals surface area contributed by atoms with Crippen molar-refractivity contribution in [3.63, 3.8) is 0 Å². The highest BCUT2D eigenvalue weighted by Crippen LogP contribution is 2.47. The standard InChI is InChI=1S/C30H24N2O4S2/c1-19-12-14-22(15-13-19)38(35,36)32-25-11-6-5-10-23(25)26(24-16-17-37-28(24)31-4)27(32)20-8-7-9-21(18-20)30(2,3)29(33)34/h5-18H,1-3H3,(H,33,34). The molecule has 0 aliphatic heterocycles. The van der Waals surface area contributed by atoms with Gasteiger partial charge in [0.05, 0.1) is 28.1 Å². The van der Waals surface area contributed by atoms with Gasteiger partial charge in [-0.05, 0) is 56.0 Å². The zero-order chi connectivity index (χ0) is 27.2. The fourth-order valence-corrected chi connectivity index (χ4v) is 6.80. The lowest BCUT2D eigenvalue weighted by Crippen LogP contribution is -2.28. The average molecular weight is 541 g/mol. The summed E-state index contributed by atoms with van der Waals surface area (Å²) < 4.78 is 29.9. The first-order valence-corrected chi connectivity index (χ1v) is 14.1. The highest BCUT2D eigenvalue weighted by molar-refractivity contribution is 7.90. The Morgan fingerprint density at radius 2 is 1.71 bits per heavy atom. The van der Waals surface area contributed by atoms with Crippen LogP contribution in [0.5, 0.6) is 0 Å². The molecule has 1 N–H and O–H groups in total. The van der Waals surface area contributed by atoms with Gasteiger partial charge in [0.2, 0.25) is 5.00 Å². The maximum atomic E-state index is 14.3. The van der Waals surface area contributed by atoms with Gasteiger partial charge in [-0.2, -0.15) is 11.3 Å². The summed E-state index contributed by atoms with van der Waals surface area (Å²) in [6.07, 6.45) is 0. The van der Waals surface area contributed by atoms with Crippen LogP contribution in [-0.2, 0) is 20.2 Å². The number of rotatable bonds is 6. The number of thiophene rings is 1. The van der Waals surface area contributed by atoms with Crippen molar-refractivity contribution in [1.82, 2.24) is 3.97 Å². The summed E-state index contributed by atoms with van der Waals surface area (Å²) in [6.45, 7) is 12.8. The summed E-state index contributed by atoms with van der Waals surface area (Å²) in [7, 11) is -4.09. The first kappa shape index (κ1) is 25.5. The van der Waals surface area contributed by atoms with Crippen molar-refractivity contribution in [3.05, 3.63) is 107 Å². The molecule has 2 aromatic heterocycles. The van der Waals surface area contributed by atoms with Crippen LogP contribution in [0, 0.1) is 13.5 Å². The van der Waals surface area contributed by atoms with E-state index < -0.39 is 21.4 Å². The van der Waals surface area contributed by atoms with Crippen molar-refractivity contribution in [2.75, 3.05) is 0 Å². The molecule has 6 nitrogen and oxygen atoms in total. The number of benzene rings is 3. The van der Waals surface area contributed by atoms with E-state index in [1.807, 2.05) is 30.5 Å². The van der Waals surface area contributed by atoms with E-state index in [4.69, 9.17) is 6.57 Å². The van der Waals surface area contributed by atoms with E-state index in [0.29, 0.717) is 43.9 Å². The highest BCUT2D eigenvalue weighted by Gasteiger charge is 2.32. The van der Waals surface area contributed by atoms with Crippen LogP contribution in [0.4, 0.5) is 5.00 Å². The molecular weight excluding hydrogens is 516 g/mol. The molecular formula is C30H24N2O4S2. The molecule has 0 saturated carbocycles. The van der Waals surface area contributed by atoms with E-state index in [1.54, 1.807) is 74.5 Å². The third-order valence-electron chi connectivity index (χ3n) is 6.80. The molecule has 8 heteroatoms. The molecule has 0 saturated heterocycles. The Bertz CT molecular complexity index is 1850. The van der Waals surface area contributed by atoms with Gasteiger partial charge < -0.3 is 5.11 Å². The van der Waals surface area contributed by atoms with Crippen molar-refractivity contribution in [2.24, 2.45) is 0 Å². The van der Waals surface area contributed by atoms with Crippen molar-refractivity contribution < 1.29 is 18.3 Å². The van der Waals surface area contributed by atoms with Crippen LogP contribution in [0.15, 0.2) is 89.1 Å². The van der Waals surface area contributed by atoms with Gasteiger partial charge in [-0.25, -0.2) is 17.2 Å². The van der Waals surface area contributed by atoms with Gasteiger partial charge in [-0.15, -0.1) is 0 Å². The molecule has 3 aromatic carbocycles. The maximum absolute atomic E-state index is 14.3. The summed E-state index contributed by atoms with van der Waals surface area (Å²) in [5.41, 5.74) is 2.93. The van der Waals surface area contributed by atoms with E-state index in [0.717, 1.165) is 5.56 Å². The average Bonchev–Trinajstić information content (AvgIpc) is 3.51. The summed E-state index contributed by atoms with van der Waals surface area (Å²) >= 11 is 1.29. The van der Waals surface area contributed by atoms with Crippen LogP contribution in [0.3, 0.4) is 0 Å². The number of nitrogens with zero attached hydrogens (tertiary/aromatic N) is 2. The van der Waals surface area contributed by atoms with Crippen molar-refractivity contribution in [2.45, 2.75) is 31.1 Å². The number of para-hydroxylation sites is 1. The first-order valence-electron chi connectivity index (χ1n) is 11.8. The highest BCUT2D eigenvalue weighted by atomic mass is 32.2. The topological polar surface area (TPSA) is 80.7 Å². The predicted molar refractivity (Wildman–Crippen MR) is 151 cm³/mol. The smallest absolute Gasteiger partial charge is 0.313 e. The van der Waals surface area contributed by atoms with Gasteiger partial charge in [0, 0.05) is 22.1 Å². The van der Waals surface area contributed by atoms with Crippen LogP contribution in [-0.4, -0.2) is 23.5 Å². The summed E-state index contributed by atoms with van der Waals surface area (Å²) in [5.74, 6) is -0.990. The third-order valence-corrected chi connectivity index (χ3v) is 9.33. The molecule has 5 rings (SSSR count). The van der Waals surface area contributed by atoms with Crippen molar-refractivity contribution in [3.8, 4) is 22.4 Å². The van der Waals surface area contributed by atoms with Crippen LogP contribution in [0.2, 0.25) is 0 Å². The first-order chi connectivity index (χ1) is 18.1. The second-order valence-electron chi connectivity index (χ2n) is 9.59. The summed E-state index contributed by atoms with van der Waals surface area (Å²) in [4.78, 5) is 15.9. The minimum absolute atomic E-state index is 0.134. The summed E-state index contributed by atoms with van der Waals surface area (Å²) in [5, 5.41) is 12.8. The van der Waals surface area contributed by atoms with E-state index in [-0.39, 0.29) is 4.90 Å². The lowest BCUT2D eigenvalue weighted by atomic mass is 9.83. The monoisotopic (exact) mass is 540 g/mol. The van der Waals surface area contributed by atoms with Gasteiger partial charge in [-0.1, -0.05) is 60.2 Å². The lowest BCUT2D eigenvalue weighted by molar-refractivity contribution is -0.142. The number of aryl methyl sites for hydroxylation is 1. The van der Waals surface area contributed by atoms with Gasteiger partial charge in [-0.3, -0.25) is 4.79 Å². The molecule has 0 fully saturated rings. The van der Waals surface area contributed by atoms with E-state index >= 15 is 0 Å². The molecule has 0 aliphatic carbocycles. The molecule has 0 unspecified atom stereocenters. The predicted octanol–water partition coefficient (Wildman–Crippen LogP) is 7.50. The zero-order valence-electron chi connectivity index (χ0n) is 21.0.